The SMILES string of the molecule is CCN(CC)C1(C#N)CCCOc2ccccc21. The van der Waals surface area contributed by atoms with Gasteiger partial charge < -0.3 is 4.74 Å². The number of hydrogen-bond donors (Lipinski definition) is 0. The molecule has 1 atom stereocenters. The monoisotopic (exact) mass is 244 g/mol. The van der Waals surface area contributed by atoms with Crippen LogP contribution in [0.15, 0.2) is 24.3 Å². The van der Waals surface area contributed by atoms with Gasteiger partial charge >= 0.3 is 0 Å². The number of fused-ring (bicyclic) bond motifs is 1. The fourth-order valence-corrected chi connectivity index (χ4v) is 2.86. The first-order valence-electron chi connectivity index (χ1n) is 6.67. The Morgan fingerprint density at radius 1 is 1.33 bits per heavy atom. The van der Waals surface area contributed by atoms with E-state index < -0.39 is 5.54 Å². The predicted octanol–water partition coefficient (Wildman–Crippen LogP) is 2.92. The van der Waals surface area contributed by atoms with Crippen molar-refractivity contribution in [2.45, 2.75) is 32.2 Å². The molecular weight excluding hydrogens is 224 g/mol. The molecule has 0 aromatic heterocycles. The molecule has 1 aliphatic heterocycles. The van der Waals surface area contributed by atoms with Crippen LogP contribution in [0.3, 0.4) is 0 Å². The van der Waals surface area contributed by atoms with Crippen molar-refractivity contribution in [3.8, 4) is 11.8 Å². The Labute approximate surface area is 109 Å². The van der Waals surface area contributed by atoms with Gasteiger partial charge in [-0.25, -0.2) is 0 Å². The maximum Gasteiger partial charge on any atom is 0.138 e. The molecule has 0 bridgehead atoms. The summed E-state index contributed by atoms with van der Waals surface area (Å²) in [7, 11) is 0. The van der Waals surface area contributed by atoms with E-state index >= 15 is 0 Å². The lowest BCUT2D eigenvalue weighted by molar-refractivity contribution is 0.142. The van der Waals surface area contributed by atoms with Crippen molar-refractivity contribution >= 4 is 0 Å². The van der Waals surface area contributed by atoms with Gasteiger partial charge in [-0.05, 0) is 32.0 Å². The Balaban J connectivity index is 2.56. The van der Waals surface area contributed by atoms with Crippen LogP contribution in [-0.4, -0.2) is 24.6 Å². The van der Waals surface area contributed by atoms with E-state index in [1.165, 1.54) is 0 Å². The Morgan fingerprint density at radius 2 is 2.06 bits per heavy atom. The summed E-state index contributed by atoms with van der Waals surface area (Å²) >= 11 is 0. The van der Waals surface area contributed by atoms with E-state index in [4.69, 9.17) is 4.74 Å². The highest BCUT2D eigenvalue weighted by Crippen LogP contribution is 2.40. The Bertz CT molecular complexity index is 448. The molecule has 0 N–H and O–H groups in total. The zero-order valence-corrected chi connectivity index (χ0v) is 11.1. The van der Waals surface area contributed by atoms with Crippen molar-refractivity contribution in [3.63, 3.8) is 0 Å². The van der Waals surface area contributed by atoms with E-state index in [2.05, 4.69) is 24.8 Å². The van der Waals surface area contributed by atoms with Gasteiger partial charge in [0.15, 0.2) is 0 Å². The molecule has 0 saturated heterocycles. The van der Waals surface area contributed by atoms with E-state index in [-0.39, 0.29) is 0 Å². The molecule has 1 heterocycles. The molecule has 18 heavy (non-hydrogen) atoms. The van der Waals surface area contributed by atoms with Gasteiger partial charge in [-0.1, -0.05) is 32.0 Å². The van der Waals surface area contributed by atoms with E-state index in [0.717, 1.165) is 37.2 Å². The van der Waals surface area contributed by atoms with E-state index in [1.807, 2.05) is 24.3 Å². The molecule has 1 aromatic rings. The maximum atomic E-state index is 9.80. The standard InChI is InChI=1S/C15H20N2O/c1-3-17(4-2)15(12-16)10-7-11-18-14-9-6-5-8-13(14)15/h5-6,8-9H,3-4,7,10-11H2,1-2H3. The number of nitrogens with zero attached hydrogens (tertiary/aromatic N) is 2. The summed E-state index contributed by atoms with van der Waals surface area (Å²) in [6, 6.07) is 10.5. The van der Waals surface area contributed by atoms with Crippen LogP contribution in [0.1, 0.15) is 32.3 Å². The number of ether oxygens (including phenoxy) is 1. The largest absolute Gasteiger partial charge is 0.493 e. The second-order valence-electron chi connectivity index (χ2n) is 4.59. The van der Waals surface area contributed by atoms with Gasteiger partial charge in [0.05, 0.1) is 12.7 Å². The van der Waals surface area contributed by atoms with Crippen molar-refractivity contribution in [2.75, 3.05) is 19.7 Å². The summed E-state index contributed by atoms with van der Waals surface area (Å²) < 4.78 is 5.77. The lowest BCUT2D eigenvalue weighted by Crippen LogP contribution is -2.44. The van der Waals surface area contributed by atoms with Crippen LogP contribution in [-0.2, 0) is 5.54 Å². The molecule has 1 aliphatic rings. The normalized spacial score (nSPS) is 22.8. The van der Waals surface area contributed by atoms with Crippen LogP contribution in [0.2, 0.25) is 0 Å². The summed E-state index contributed by atoms with van der Waals surface area (Å²) in [6.07, 6.45) is 1.75. The van der Waals surface area contributed by atoms with Crippen LogP contribution in [0.25, 0.3) is 0 Å². The minimum absolute atomic E-state index is 0.531. The lowest BCUT2D eigenvalue weighted by atomic mass is 9.85. The fourth-order valence-electron chi connectivity index (χ4n) is 2.86. The van der Waals surface area contributed by atoms with Gasteiger partial charge in [-0.3, -0.25) is 4.90 Å². The molecule has 2 rings (SSSR count). The number of nitriles is 1. The van der Waals surface area contributed by atoms with Crippen LogP contribution >= 0.6 is 0 Å². The summed E-state index contributed by atoms with van der Waals surface area (Å²) in [6.45, 7) is 6.66. The predicted molar refractivity (Wildman–Crippen MR) is 71.4 cm³/mol. The van der Waals surface area contributed by atoms with Crippen LogP contribution in [0.4, 0.5) is 0 Å². The van der Waals surface area contributed by atoms with E-state index in [0.29, 0.717) is 6.61 Å². The summed E-state index contributed by atoms with van der Waals surface area (Å²) in [5.74, 6) is 0.864. The topological polar surface area (TPSA) is 36.3 Å². The number of benzene rings is 1. The number of hydrogen-bond acceptors (Lipinski definition) is 3. The second-order valence-corrected chi connectivity index (χ2v) is 4.59. The molecule has 0 amide bonds. The molecule has 0 fully saturated rings. The molecule has 1 unspecified atom stereocenters. The molecule has 3 heteroatoms. The van der Waals surface area contributed by atoms with Crippen molar-refractivity contribution in [3.05, 3.63) is 29.8 Å². The van der Waals surface area contributed by atoms with Gasteiger partial charge in [0.2, 0.25) is 0 Å². The molecule has 0 spiro atoms. The number of rotatable bonds is 3. The van der Waals surface area contributed by atoms with Crippen molar-refractivity contribution in [1.82, 2.24) is 4.90 Å². The Morgan fingerprint density at radius 3 is 2.72 bits per heavy atom. The van der Waals surface area contributed by atoms with Crippen molar-refractivity contribution in [1.29, 1.82) is 5.26 Å². The smallest absolute Gasteiger partial charge is 0.138 e. The van der Waals surface area contributed by atoms with Gasteiger partial charge in [0.25, 0.3) is 0 Å². The number of para-hydroxylation sites is 1. The molecular formula is C15H20N2O. The Hall–Kier alpha value is -1.53. The molecule has 3 nitrogen and oxygen atoms in total. The van der Waals surface area contributed by atoms with Crippen LogP contribution < -0.4 is 4.74 Å². The van der Waals surface area contributed by atoms with Gasteiger partial charge in [-0.15, -0.1) is 0 Å². The molecule has 96 valence electrons. The van der Waals surface area contributed by atoms with Gasteiger partial charge in [0, 0.05) is 5.56 Å². The average Bonchev–Trinajstić information content (AvgIpc) is 2.61. The third-order valence-electron chi connectivity index (χ3n) is 3.76. The summed E-state index contributed by atoms with van der Waals surface area (Å²) in [5.41, 5.74) is 0.491. The van der Waals surface area contributed by atoms with Crippen molar-refractivity contribution < 1.29 is 4.74 Å². The minimum atomic E-state index is -0.531. The Kier molecular flexibility index (Phi) is 3.88. The first kappa shape index (κ1) is 12.9. The zero-order valence-electron chi connectivity index (χ0n) is 11.1. The first-order valence-corrected chi connectivity index (χ1v) is 6.67. The molecule has 1 aromatic carbocycles. The van der Waals surface area contributed by atoms with Crippen LogP contribution in [0.5, 0.6) is 5.75 Å². The van der Waals surface area contributed by atoms with Gasteiger partial charge in [-0.2, -0.15) is 5.26 Å². The second kappa shape index (κ2) is 5.41. The maximum absolute atomic E-state index is 9.80. The highest BCUT2D eigenvalue weighted by Gasteiger charge is 2.40. The third kappa shape index (κ3) is 1.97. The molecule has 0 saturated carbocycles. The minimum Gasteiger partial charge on any atom is -0.493 e. The van der Waals surface area contributed by atoms with E-state index in [1.54, 1.807) is 0 Å². The van der Waals surface area contributed by atoms with Crippen molar-refractivity contribution in [2.24, 2.45) is 0 Å². The lowest BCUT2D eigenvalue weighted by Gasteiger charge is -2.37. The zero-order chi connectivity index (χ0) is 13.0. The highest BCUT2D eigenvalue weighted by molar-refractivity contribution is 5.44. The summed E-state index contributed by atoms with van der Waals surface area (Å²) in [4.78, 5) is 2.24. The molecule has 0 radical (unpaired) electrons. The van der Waals surface area contributed by atoms with E-state index in [9.17, 15) is 5.26 Å². The fraction of sp³-hybridized carbons (Fsp3) is 0.533. The highest BCUT2D eigenvalue weighted by atomic mass is 16.5. The molecule has 0 aliphatic carbocycles. The third-order valence-corrected chi connectivity index (χ3v) is 3.76. The first-order chi connectivity index (χ1) is 8.78. The van der Waals surface area contributed by atoms with Crippen LogP contribution in [0, 0.1) is 11.3 Å². The average molecular weight is 244 g/mol. The quantitative estimate of drug-likeness (QED) is 0.820. The van der Waals surface area contributed by atoms with Gasteiger partial charge in [0.1, 0.15) is 11.3 Å². The summed E-state index contributed by atoms with van der Waals surface area (Å²) in [5, 5.41) is 9.80.